The zero-order valence-electron chi connectivity index (χ0n) is 20.9. The van der Waals surface area contributed by atoms with Crippen molar-refractivity contribution in [3.8, 4) is 5.75 Å². The van der Waals surface area contributed by atoms with Crippen LogP contribution in [0.5, 0.6) is 5.75 Å². The summed E-state index contributed by atoms with van der Waals surface area (Å²) in [5.41, 5.74) is 3.42. The molecule has 9 heteroatoms. The number of carbonyl (C=O) groups is 1. The van der Waals surface area contributed by atoms with E-state index in [9.17, 15) is 19.5 Å². The van der Waals surface area contributed by atoms with Crippen LogP contribution >= 0.6 is 11.6 Å². The van der Waals surface area contributed by atoms with Gasteiger partial charge in [0.05, 0.1) is 29.2 Å². The SMILES string of the molecule is COc1ccc2ncc(Cl)c(C(O)CCC3(C(=O)NO)CCN(CCCc4ccc(F)cc4)CC3)c2c1. The topological polar surface area (TPSA) is 94.9 Å². The smallest absolute Gasteiger partial charge is 0.249 e. The number of methoxy groups -OCH3 is 1. The van der Waals surface area contributed by atoms with E-state index in [1.807, 2.05) is 23.7 Å². The van der Waals surface area contributed by atoms with E-state index in [0.717, 1.165) is 24.9 Å². The lowest BCUT2D eigenvalue weighted by Gasteiger charge is -2.40. The van der Waals surface area contributed by atoms with Crippen molar-refractivity contribution < 1.29 is 24.2 Å². The first-order valence-corrected chi connectivity index (χ1v) is 12.9. The van der Waals surface area contributed by atoms with E-state index in [1.165, 1.54) is 18.3 Å². The standard InChI is InChI=1S/C28H33ClFN3O4/c1-37-21-8-9-24-22(17-21)26(23(29)18-31-24)25(34)10-11-28(27(35)32-36)12-15-33(16-13-28)14-2-3-19-4-6-20(30)7-5-19/h4-9,17-18,25,34,36H,2-3,10-16H2,1H3,(H,32,35). The number of carbonyl (C=O) groups excluding carboxylic acids is 1. The van der Waals surface area contributed by atoms with Crippen LogP contribution in [-0.2, 0) is 11.2 Å². The maximum atomic E-state index is 13.1. The van der Waals surface area contributed by atoms with Gasteiger partial charge in [-0.1, -0.05) is 23.7 Å². The zero-order chi connectivity index (χ0) is 26.4. The van der Waals surface area contributed by atoms with Gasteiger partial charge in [0, 0.05) is 17.1 Å². The maximum absolute atomic E-state index is 13.1. The Labute approximate surface area is 221 Å². The average molecular weight is 530 g/mol. The minimum absolute atomic E-state index is 0.234. The third-order valence-electron chi connectivity index (χ3n) is 7.55. The number of piperidine rings is 1. The van der Waals surface area contributed by atoms with Crippen molar-refractivity contribution in [3.05, 3.63) is 70.6 Å². The van der Waals surface area contributed by atoms with Crippen LogP contribution in [0.1, 0.15) is 49.3 Å². The number of aliphatic hydroxyl groups is 1. The lowest BCUT2D eigenvalue weighted by atomic mass is 9.73. The highest BCUT2D eigenvalue weighted by Gasteiger charge is 2.41. The van der Waals surface area contributed by atoms with Crippen LogP contribution in [0.15, 0.2) is 48.7 Å². The number of hydrogen-bond acceptors (Lipinski definition) is 6. The largest absolute Gasteiger partial charge is 0.497 e. The van der Waals surface area contributed by atoms with Gasteiger partial charge < -0.3 is 14.7 Å². The van der Waals surface area contributed by atoms with Crippen LogP contribution in [0.25, 0.3) is 10.9 Å². The van der Waals surface area contributed by atoms with Crippen molar-refractivity contribution in [2.24, 2.45) is 5.41 Å². The van der Waals surface area contributed by atoms with Crippen LogP contribution in [0.2, 0.25) is 5.02 Å². The minimum Gasteiger partial charge on any atom is -0.497 e. The fourth-order valence-corrected chi connectivity index (χ4v) is 5.54. The number of aromatic nitrogens is 1. The van der Waals surface area contributed by atoms with E-state index >= 15 is 0 Å². The average Bonchev–Trinajstić information content (AvgIpc) is 2.92. The lowest BCUT2D eigenvalue weighted by molar-refractivity contribution is -0.143. The van der Waals surface area contributed by atoms with Crippen LogP contribution in [0.4, 0.5) is 4.39 Å². The fourth-order valence-electron chi connectivity index (χ4n) is 5.26. The number of fused-ring (bicyclic) bond motifs is 1. The molecule has 7 nitrogen and oxygen atoms in total. The van der Waals surface area contributed by atoms with Gasteiger partial charge in [0.1, 0.15) is 11.6 Å². The number of halogens is 2. The van der Waals surface area contributed by atoms with Crippen LogP contribution in [-0.4, -0.2) is 52.8 Å². The second kappa shape index (κ2) is 12.2. The second-order valence-electron chi connectivity index (χ2n) is 9.75. The summed E-state index contributed by atoms with van der Waals surface area (Å²) in [5.74, 6) is -0.0199. The van der Waals surface area contributed by atoms with Crippen molar-refractivity contribution >= 4 is 28.4 Å². The van der Waals surface area contributed by atoms with Gasteiger partial charge >= 0.3 is 0 Å². The molecule has 1 unspecified atom stereocenters. The molecule has 2 heterocycles. The summed E-state index contributed by atoms with van der Waals surface area (Å²) in [6, 6.07) is 12.0. The number of amides is 1. The van der Waals surface area contributed by atoms with Crippen molar-refractivity contribution in [2.75, 3.05) is 26.7 Å². The summed E-state index contributed by atoms with van der Waals surface area (Å²) in [4.78, 5) is 19.4. The first-order valence-electron chi connectivity index (χ1n) is 12.6. The van der Waals surface area contributed by atoms with Gasteiger partial charge in [-0.05, 0) is 94.1 Å². The molecule has 1 amide bonds. The van der Waals surface area contributed by atoms with E-state index in [0.29, 0.717) is 66.0 Å². The molecule has 3 aromatic rings. The summed E-state index contributed by atoms with van der Waals surface area (Å²) in [6.07, 6.45) is 4.24. The van der Waals surface area contributed by atoms with Gasteiger partial charge in [0.25, 0.3) is 0 Å². The number of hydroxylamine groups is 1. The Morgan fingerprint density at radius 3 is 2.65 bits per heavy atom. The number of likely N-dealkylation sites (tertiary alicyclic amines) is 1. The van der Waals surface area contributed by atoms with Crippen molar-refractivity contribution in [1.29, 1.82) is 0 Å². The van der Waals surface area contributed by atoms with Gasteiger partial charge in [0.2, 0.25) is 5.91 Å². The van der Waals surface area contributed by atoms with E-state index in [-0.39, 0.29) is 5.82 Å². The van der Waals surface area contributed by atoms with Crippen LogP contribution in [0, 0.1) is 11.2 Å². The fraction of sp³-hybridized carbons (Fsp3) is 0.429. The van der Waals surface area contributed by atoms with E-state index in [4.69, 9.17) is 16.3 Å². The number of aryl methyl sites for hydroxylation is 1. The highest BCUT2D eigenvalue weighted by atomic mass is 35.5. The first kappa shape index (κ1) is 27.3. The summed E-state index contributed by atoms with van der Waals surface area (Å²) >= 11 is 6.45. The Balaban J connectivity index is 1.39. The number of pyridine rings is 1. The number of hydrogen-bond donors (Lipinski definition) is 3. The molecule has 0 radical (unpaired) electrons. The Morgan fingerprint density at radius 1 is 1.24 bits per heavy atom. The minimum atomic E-state index is -0.915. The lowest BCUT2D eigenvalue weighted by Crippen LogP contribution is -2.48. The monoisotopic (exact) mass is 529 g/mol. The van der Waals surface area contributed by atoms with E-state index < -0.39 is 17.4 Å². The van der Waals surface area contributed by atoms with Gasteiger partial charge in [0.15, 0.2) is 0 Å². The number of benzene rings is 2. The molecule has 198 valence electrons. The number of nitrogens with one attached hydrogen (secondary N) is 1. The molecule has 1 aromatic heterocycles. The van der Waals surface area contributed by atoms with E-state index in [1.54, 1.807) is 19.2 Å². The van der Waals surface area contributed by atoms with E-state index in [2.05, 4.69) is 9.88 Å². The molecule has 0 aliphatic carbocycles. The molecule has 4 rings (SSSR count). The predicted molar refractivity (Wildman–Crippen MR) is 140 cm³/mol. The molecular weight excluding hydrogens is 497 g/mol. The summed E-state index contributed by atoms with van der Waals surface area (Å²) in [5, 5.41) is 21.7. The second-order valence-corrected chi connectivity index (χ2v) is 10.2. The molecule has 0 bridgehead atoms. The zero-order valence-corrected chi connectivity index (χ0v) is 21.7. The normalized spacial score (nSPS) is 16.5. The highest BCUT2D eigenvalue weighted by Crippen LogP contribution is 2.41. The number of nitrogens with zero attached hydrogens (tertiary/aromatic N) is 2. The van der Waals surface area contributed by atoms with Crippen molar-refractivity contribution in [2.45, 2.75) is 44.6 Å². The Hall–Kier alpha value is -2.78. The molecule has 2 aromatic carbocycles. The van der Waals surface area contributed by atoms with Gasteiger partial charge in [-0.2, -0.15) is 0 Å². The molecule has 0 saturated carbocycles. The Kier molecular flexibility index (Phi) is 8.97. The molecule has 1 aliphatic rings. The van der Waals surface area contributed by atoms with Gasteiger partial charge in [-0.15, -0.1) is 0 Å². The molecule has 1 saturated heterocycles. The Bertz CT molecular complexity index is 1220. The molecule has 0 spiro atoms. The quantitative estimate of drug-likeness (QED) is 0.251. The number of ether oxygens (including phenoxy) is 1. The third kappa shape index (κ3) is 6.38. The number of rotatable bonds is 10. The molecule has 1 atom stereocenters. The van der Waals surface area contributed by atoms with Gasteiger partial charge in [-0.3, -0.25) is 15.0 Å². The van der Waals surface area contributed by atoms with Crippen LogP contribution < -0.4 is 10.2 Å². The summed E-state index contributed by atoms with van der Waals surface area (Å²) in [6.45, 7) is 2.30. The third-order valence-corrected chi connectivity index (χ3v) is 7.85. The predicted octanol–water partition coefficient (Wildman–Crippen LogP) is 5.07. The molecule has 37 heavy (non-hydrogen) atoms. The van der Waals surface area contributed by atoms with Gasteiger partial charge in [-0.25, -0.2) is 9.87 Å². The summed E-state index contributed by atoms with van der Waals surface area (Å²) < 4.78 is 18.4. The highest BCUT2D eigenvalue weighted by molar-refractivity contribution is 6.32. The first-order chi connectivity index (χ1) is 17.8. The maximum Gasteiger partial charge on any atom is 0.249 e. The molecule has 1 aliphatic heterocycles. The molecule has 3 N–H and O–H groups in total. The Morgan fingerprint density at radius 2 is 1.97 bits per heavy atom. The van der Waals surface area contributed by atoms with Crippen molar-refractivity contribution in [1.82, 2.24) is 15.4 Å². The molecular formula is C28H33ClFN3O4. The molecule has 1 fully saturated rings. The van der Waals surface area contributed by atoms with Crippen LogP contribution in [0.3, 0.4) is 0 Å². The van der Waals surface area contributed by atoms with Crippen molar-refractivity contribution in [3.63, 3.8) is 0 Å². The summed E-state index contributed by atoms with van der Waals surface area (Å²) in [7, 11) is 1.57. The number of aliphatic hydroxyl groups excluding tert-OH is 1.